The molecule has 21 heavy (non-hydrogen) atoms. The number of guanidine groups is 1. The van der Waals surface area contributed by atoms with Gasteiger partial charge in [0.05, 0.1) is 0 Å². The van der Waals surface area contributed by atoms with Gasteiger partial charge in [-0.3, -0.25) is 9.89 Å². The third-order valence-corrected chi connectivity index (χ3v) is 4.03. The van der Waals surface area contributed by atoms with Crippen molar-refractivity contribution in [1.29, 1.82) is 0 Å². The van der Waals surface area contributed by atoms with Crippen LogP contribution in [0.2, 0.25) is 0 Å². The van der Waals surface area contributed by atoms with Crippen LogP contribution in [0, 0.1) is 0 Å². The van der Waals surface area contributed by atoms with Crippen LogP contribution >= 0.6 is 24.0 Å². The van der Waals surface area contributed by atoms with Gasteiger partial charge in [0, 0.05) is 45.8 Å². The Hall–Kier alpha value is -0.0800. The van der Waals surface area contributed by atoms with E-state index in [9.17, 15) is 0 Å². The Labute approximate surface area is 148 Å². The summed E-state index contributed by atoms with van der Waals surface area (Å²) in [6.45, 7) is 7.64. The Kier molecular flexibility index (Phi) is 12.4. The van der Waals surface area contributed by atoms with Crippen molar-refractivity contribution in [2.45, 2.75) is 38.6 Å². The summed E-state index contributed by atoms with van der Waals surface area (Å²) in [4.78, 5) is 9.12. The van der Waals surface area contributed by atoms with Crippen LogP contribution < -0.4 is 10.6 Å². The number of hydrogen-bond acceptors (Lipinski definition) is 3. The topological polar surface area (TPSA) is 42.9 Å². The third kappa shape index (κ3) is 8.83. The van der Waals surface area contributed by atoms with E-state index >= 15 is 0 Å². The van der Waals surface area contributed by atoms with Crippen LogP contribution in [0.25, 0.3) is 0 Å². The van der Waals surface area contributed by atoms with Gasteiger partial charge < -0.3 is 15.5 Å². The van der Waals surface area contributed by atoms with Crippen molar-refractivity contribution < 1.29 is 0 Å². The molecule has 0 aromatic heterocycles. The summed E-state index contributed by atoms with van der Waals surface area (Å²) in [7, 11) is 6.25. The predicted molar refractivity (Wildman–Crippen MR) is 103 cm³/mol. The molecule has 1 atom stereocenters. The van der Waals surface area contributed by atoms with Crippen LogP contribution in [-0.4, -0.2) is 75.7 Å². The summed E-state index contributed by atoms with van der Waals surface area (Å²) in [5, 5.41) is 6.85. The summed E-state index contributed by atoms with van der Waals surface area (Å²) in [6, 6.07) is 0.562. The first kappa shape index (κ1) is 20.9. The van der Waals surface area contributed by atoms with Crippen LogP contribution in [0.1, 0.15) is 32.6 Å². The second-order valence-electron chi connectivity index (χ2n) is 5.84. The van der Waals surface area contributed by atoms with E-state index < -0.39 is 0 Å². The summed E-state index contributed by atoms with van der Waals surface area (Å²) >= 11 is 0. The van der Waals surface area contributed by atoms with Gasteiger partial charge in [0.15, 0.2) is 5.96 Å². The van der Waals surface area contributed by atoms with E-state index in [1.54, 1.807) is 0 Å². The highest BCUT2D eigenvalue weighted by molar-refractivity contribution is 14.0. The zero-order chi connectivity index (χ0) is 14.8. The molecule has 0 aromatic rings. The van der Waals surface area contributed by atoms with Crippen LogP contribution in [0.3, 0.4) is 0 Å². The lowest BCUT2D eigenvalue weighted by molar-refractivity contribution is 0.116. The van der Waals surface area contributed by atoms with Crippen LogP contribution in [0.15, 0.2) is 4.99 Å². The average molecular weight is 411 g/mol. The number of likely N-dealkylation sites (N-methyl/N-ethyl adjacent to an activating group) is 2. The second kappa shape index (κ2) is 12.5. The number of nitrogens with one attached hydrogen (secondary N) is 2. The first-order valence-electron chi connectivity index (χ1n) is 8.00. The fourth-order valence-electron chi connectivity index (χ4n) is 2.52. The van der Waals surface area contributed by atoms with Crippen molar-refractivity contribution in [1.82, 2.24) is 20.4 Å². The number of nitrogens with zero attached hydrogens (tertiary/aromatic N) is 3. The van der Waals surface area contributed by atoms with Crippen LogP contribution in [-0.2, 0) is 0 Å². The van der Waals surface area contributed by atoms with Crippen molar-refractivity contribution >= 4 is 29.9 Å². The van der Waals surface area contributed by atoms with Crippen molar-refractivity contribution in [2.75, 3.05) is 53.9 Å². The Morgan fingerprint density at radius 3 is 2.57 bits per heavy atom. The Bertz CT molecular complexity index is 285. The Morgan fingerprint density at radius 1 is 1.14 bits per heavy atom. The molecule has 2 N–H and O–H groups in total. The highest BCUT2D eigenvalue weighted by Crippen LogP contribution is 2.04. The molecule has 1 heterocycles. The minimum atomic E-state index is 0. The summed E-state index contributed by atoms with van der Waals surface area (Å²) in [5.41, 5.74) is 0. The van der Waals surface area contributed by atoms with Crippen molar-refractivity contribution in [3.8, 4) is 0 Å². The zero-order valence-electron chi connectivity index (χ0n) is 14.2. The summed E-state index contributed by atoms with van der Waals surface area (Å²) in [5.74, 6) is 0.933. The van der Waals surface area contributed by atoms with Gasteiger partial charge in [0.1, 0.15) is 0 Å². The predicted octanol–water partition coefficient (Wildman–Crippen LogP) is 1.60. The van der Waals surface area contributed by atoms with Gasteiger partial charge in [0.2, 0.25) is 0 Å². The number of halogens is 1. The maximum Gasteiger partial charge on any atom is 0.191 e. The maximum absolute atomic E-state index is 4.30. The van der Waals surface area contributed by atoms with E-state index in [2.05, 4.69) is 46.4 Å². The van der Waals surface area contributed by atoms with Gasteiger partial charge in [-0.05, 0) is 20.5 Å². The third-order valence-electron chi connectivity index (χ3n) is 4.03. The fraction of sp³-hybridized carbons (Fsp3) is 0.933. The van der Waals surface area contributed by atoms with Crippen molar-refractivity contribution in [3.05, 3.63) is 0 Å². The molecule has 1 fully saturated rings. The molecule has 0 radical (unpaired) electrons. The van der Waals surface area contributed by atoms with Crippen molar-refractivity contribution in [2.24, 2.45) is 4.99 Å². The summed E-state index contributed by atoms with van der Waals surface area (Å²) < 4.78 is 0. The minimum absolute atomic E-state index is 0. The lowest BCUT2D eigenvalue weighted by Crippen LogP contribution is -2.55. The molecule has 0 spiro atoms. The molecule has 1 aliphatic heterocycles. The van der Waals surface area contributed by atoms with Gasteiger partial charge in [-0.25, -0.2) is 0 Å². The Morgan fingerprint density at radius 2 is 1.90 bits per heavy atom. The maximum atomic E-state index is 4.30. The number of piperazine rings is 1. The van der Waals surface area contributed by atoms with Crippen molar-refractivity contribution in [3.63, 3.8) is 0 Å². The molecule has 0 amide bonds. The monoisotopic (exact) mass is 411 g/mol. The highest BCUT2D eigenvalue weighted by Gasteiger charge is 2.21. The zero-order valence-corrected chi connectivity index (χ0v) is 16.5. The molecule has 6 heteroatoms. The standard InChI is InChI=1S/C15H33N5.HI/c1-5-6-7-8-9-17-15(16-2)18-12-14-13-19(3)10-11-20(14)4;/h14H,5-13H2,1-4H3,(H2,16,17,18);1H. The number of hydrogen-bond donors (Lipinski definition) is 2. The largest absolute Gasteiger partial charge is 0.356 e. The van der Waals surface area contributed by atoms with E-state index in [-0.39, 0.29) is 24.0 Å². The van der Waals surface area contributed by atoms with E-state index in [4.69, 9.17) is 0 Å². The number of unbranched alkanes of at least 4 members (excludes halogenated alkanes) is 3. The van der Waals surface area contributed by atoms with E-state index in [1.807, 2.05) is 7.05 Å². The Balaban J connectivity index is 0.00000400. The molecule has 0 aliphatic carbocycles. The molecule has 0 bridgehead atoms. The van der Waals surface area contributed by atoms with Crippen LogP contribution in [0.5, 0.6) is 0 Å². The average Bonchev–Trinajstić information content (AvgIpc) is 2.45. The lowest BCUT2D eigenvalue weighted by atomic mass is 10.2. The highest BCUT2D eigenvalue weighted by atomic mass is 127. The molecule has 1 rings (SSSR count). The quantitative estimate of drug-likeness (QED) is 0.289. The minimum Gasteiger partial charge on any atom is -0.356 e. The van der Waals surface area contributed by atoms with Gasteiger partial charge in [-0.1, -0.05) is 26.2 Å². The van der Waals surface area contributed by atoms with Gasteiger partial charge in [-0.2, -0.15) is 0 Å². The SMILES string of the molecule is CCCCCCNC(=NC)NCC1CN(C)CCN1C.I. The van der Waals surface area contributed by atoms with Gasteiger partial charge in [-0.15, -0.1) is 24.0 Å². The molecule has 1 unspecified atom stereocenters. The van der Waals surface area contributed by atoms with Crippen LogP contribution in [0.4, 0.5) is 0 Å². The van der Waals surface area contributed by atoms with Gasteiger partial charge >= 0.3 is 0 Å². The van der Waals surface area contributed by atoms with E-state index in [0.717, 1.165) is 38.7 Å². The first-order chi connectivity index (χ1) is 9.67. The normalized spacial score (nSPS) is 21.0. The molecule has 1 aliphatic rings. The number of rotatable bonds is 7. The molecule has 0 aromatic carbocycles. The fourth-order valence-corrected chi connectivity index (χ4v) is 2.52. The van der Waals surface area contributed by atoms with E-state index in [1.165, 1.54) is 25.7 Å². The molecule has 126 valence electrons. The molecular weight excluding hydrogens is 377 g/mol. The lowest BCUT2D eigenvalue weighted by Gasteiger charge is -2.37. The molecule has 5 nitrogen and oxygen atoms in total. The smallest absolute Gasteiger partial charge is 0.191 e. The molecule has 1 saturated heterocycles. The summed E-state index contributed by atoms with van der Waals surface area (Å²) in [6.07, 6.45) is 5.14. The molecular formula is C15H34IN5. The van der Waals surface area contributed by atoms with E-state index in [0.29, 0.717) is 6.04 Å². The first-order valence-corrected chi connectivity index (χ1v) is 8.00. The van der Waals surface area contributed by atoms with Gasteiger partial charge in [0.25, 0.3) is 0 Å². The number of aliphatic imine (C=N–C) groups is 1. The molecule has 0 saturated carbocycles. The second-order valence-corrected chi connectivity index (χ2v) is 5.84.